The first-order chi connectivity index (χ1) is 14.3. The standard InChI is InChI=1S/C24H40N4O/c1-21-10-6-8-15-27(21)16-9-7-14-26-24(25-2)28-17-13-23(18-28)20-29-19-22-11-4-3-5-12-22/h3-5,11-12,21,23H,6-10,13-20H2,1-2H3,(H,25,26). The van der Waals surface area contributed by atoms with E-state index in [0.717, 1.165) is 38.2 Å². The average Bonchev–Trinajstić information content (AvgIpc) is 3.21. The van der Waals surface area contributed by atoms with Crippen LogP contribution in [-0.2, 0) is 11.3 Å². The number of piperidine rings is 1. The average molecular weight is 401 g/mol. The highest BCUT2D eigenvalue weighted by atomic mass is 16.5. The zero-order chi connectivity index (χ0) is 20.3. The molecule has 2 atom stereocenters. The molecule has 0 aliphatic carbocycles. The molecule has 3 rings (SSSR count). The predicted octanol–water partition coefficient (Wildman–Crippen LogP) is 3.76. The first-order valence-electron chi connectivity index (χ1n) is 11.6. The second-order valence-corrected chi connectivity index (χ2v) is 8.66. The monoisotopic (exact) mass is 400 g/mol. The number of hydrogen-bond donors (Lipinski definition) is 1. The molecule has 0 bridgehead atoms. The molecule has 1 aromatic carbocycles. The maximum atomic E-state index is 5.95. The maximum absolute atomic E-state index is 5.95. The molecular formula is C24H40N4O. The van der Waals surface area contributed by atoms with E-state index < -0.39 is 0 Å². The molecule has 2 heterocycles. The van der Waals surface area contributed by atoms with Crippen molar-refractivity contribution in [3.63, 3.8) is 0 Å². The van der Waals surface area contributed by atoms with Crippen LogP contribution in [0, 0.1) is 5.92 Å². The fourth-order valence-electron chi connectivity index (χ4n) is 4.54. The van der Waals surface area contributed by atoms with E-state index >= 15 is 0 Å². The van der Waals surface area contributed by atoms with E-state index in [0.29, 0.717) is 12.5 Å². The number of nitrogens with one attached hydrogen (secondary N) is 1. The summed E-state index contributed by atoms with van der Waals surface area (Å²) in [4.78, 5) is 9.57. The second kappa shape index (κ2) is 12.2. The number of hydrogen-bond acceptors (Lipinski definition) is 3. The van der Waals surface area contributed by atoms with Crippen LogP contribution < -0.4 is 5.32 Å². The Labute approximate surface area is 177 Å². The second-order valence-electron chi connectivity index (χ2n) is 8.66. The minimum Gasteiger partial charge on any atom is -0.376 e. The molecule has 2 aliphatic rings. The van der Waals surface area contributed by atoms with Gasteiger partial charge in [-0.25, -0.2) is 0 Å². The van der Waals surface area contributed by atoms with Crippen molar-refractivity contribution in [2.24, 2.45) is 10.9 Å². The van der Waals surface area contributed by atoms with Crippen molar-refractivity contribution < 1.29 is 4.74 Å². The van der Waals surface area contributed by atoms with Gasteiger partial charge in [0.1, 0.15) is 0 Å². The summed E-state index contributed by atoms with van der Waals surface area (Å²) in [5.74, 6) is 1.65. The Morgan fingerprint density at radius 2 is 2.00 bits per heavy atom. The topological polar surface area (TPSA) is 40.1 Å². The molecule has 2 fully saturated rings. The minimum absolute atomic E-state index is 0.595. The Morgan fingerprint density at radius 3 is 2.79 bits per heavy atom. The Bertz CT molecular complexity index is 606. The van der Waals surface area contributed by atoms with Crippen molar-refractivity contribution in [1.29, 1.82) is 0 Å². The van der Waals surface area contributed by atoms with Gasteiger partial charge < -0.3 is 19.9 Å². The zero-order valence-electron chi connectivity index (χ0n) is 18.5. The van der Waals surface area contributed by atoms with Gasteiger partial charge >= 0.3 is 0 Å². The molecule has 0 amide bonds. The lowest BCUT2D eigenvalue weighted by Crippen LogP contribution is -2.41. The summed E-state index contributed by atoms with van der Waals surface area (Å²) < 4.78 is 5.95. The molecule has 29 heavy (non-hydrogen) atoms. The molecule has 1 N–H and O–H groups in total. The van der Waals surface area contributed by atoms with Crippen molar-refractivity contribution in [1.82, 2.24) is 15.1 Å². The Balaban J connectivity index is 1.28. The fourth-order valence-corrected chi connectivity index (χ4v) is 4.54. The van der Waals surface area contributed by atoms with Gasteiger partial charge in [0.25, 0.3) is 0 Å². The molecule has 1 aromatic rings. The largest absolute Gasteiger partial charge is 0.376 e. The van der Waals surface area contributed by atoms with Crippen molar-refractivity contribution in [3.05, 3.63) is 35.9 Å². The highest BCUT2D eigenvalue weighted by Gasteiger charge is 2.25. The van der Waals surface area contributed by atoms with Crippen LogP contribution in [0.4, 0.5) is 0 Å². The molecule has 0 spiro atoms. The number of likely N-dealkylation sites (tertiary alicyclic amines) is 2. The first kappa shape index (κ1) is 22.1. The number of benzene rings is 1. The van der Waals surface area contributed by atoms with Gasteiger partial charge in [0.15, 0.2) is 5.96 Å². The number of ether oxygens (including phenoxy) is 1. The maximum Gasteiger partial charge on any atom is 0.193 e. The number of nitrogens with zero attached hydrogens (tertiary/aromatic N) is 3. The molecule has 2 saturated heterocycles. The van der Waals surface area contributed by atoms with Crippen LogP contribution in [0.25, 0.3) is 0 Å². The highest BCUT2D eigenvalue weighted by molar-refractivity contribution is 5.80. The van der Waals surface area contributed by atoms with E-state index in [-0.39, 0.29) is 0 Å². The Morgan fingerprint density at radius 1 is 1.14 bits per heavy atom. The lowest BCUT2D eigenvalue weighted by molar-refractivity contribution is 0.0906. The minimum atomic E-state index is 0.595. The van der Waals surface area contributed by atoms with Gasteiger partial charge in [-0.05, 0) is 57.7 Å². The summed E-state index contributed by atoms with van der Waals surface area (Å²) in [6.45, 7) is 9.58. The fraction of sp³-hybridized carbons (Fsp3) is 0.708. The van der Waals surface area contributed by atoms with Gasteiger partial charge in [0.2, 0.25) is 0 Å². The summed E-state index contributed by atoms with van der Waals surface area (Å²) in [7, 11) is 1.90. The molecular weight excluding hydrogens is 360 g/mol. The van der Waals surface area contributed by atoms with Gasteiger partial charge in [-0.2, -0.15) is 0 Å². The van der Waals surface area contributed by atoms with Crippen LogP contribution >= 0.6 is 0 Å². The van der Waals surface area contributed by atoms with Crippen LogP contribution in [0.2, 0.25) is 0 Å². The SMILES string of the molecule is CN=C(NCCCCN1CCCCC1C)N1CCC(COCc2ccccc2)C1. The third-order valence-electron chi connectivity index (χ3n) is 6.36. The Hall–Kier alpha value is -1.59. The smallest absolute Gasteiger partial charge is 0.193 e. The lowest BCUT2D eigenvalue weighted by atomic mass is 10.0. The van der Waals surface area contributed by atoms with E-state index in [1.54, 1.807) is 0 Å². The Kier molecular flexibility index (Phi) is 9.29. The van der Waals surface area contributed by atoms with Gasteiger partial charge in [0, 0.05) is 38.6 Å². The zero-order valence-corrected chi connectivity index (χ0v) is 18.5. The van der Waals surface area contributed by atoms with Crippen molar-refractivity contribution >= 4 is 5.96 Å². The highest BCUT2D eigenvalue weighted by Crippen LogP contribution is 2.18. The number of rotatable bonds is 9. The molecule has 0 aromatic heterocycles. The molecule has 162 valence electrons. The van der Waals surface area contributed by atoms with Crippen LogP contribution in [0.3, 0.4) is 0 Å². The summed E-state index contributed by atoms with van der Waals surface area (Å²) >= 11 is 0. The van der Waals surface area contributed by atoms with Gasteiger partial charge in [0.05, 0.1) is 13.2 Å². The molecule has 5 heteroatoms. The van der Waals surface area contributed by atoms with E-state index in [1.807, 2.05) is 13.1 Å². The molecule has 5 nitrogen and oxygen atoms in total. The predicted molar refractivity (Wildman–Crippen MR) is 121 cm³/mol. The van der Waals surface area contributed by atoms with E-state index in [2.05, 4.69) is 51.3 Å². The lowest BCUT2D eigenvalue weighted by Gasteiger charge is -2.33. The summed E-state index contributed by atoms with van der Waals surface area (Å²) in [5, 5.41) is 3.58. The number of aliphatic imine (C=N–C) groups is 1. The van der Waals surface area contributed by atoms with E-state index in [9.17, 15) is 0 Å². The van der Waals surface area contributed by atoms with E-state index in [4.69, 9.17) is 4.74 Å². The molecule has 2 aliphatic heterocycles. The van der Waals surface area contributed by atoms with Crippen LogP contribution in [0.5, 0.6) is 0 Å². The summed E-state index contributed by atoms with van der Waals surface area (Å²) in [5.41, 5.74) is 1.25. The number of unbranched alkanes of at least 4 members (excludes halogenated alkanes) is 1. The van der Waals surface area contributed by atoms with Crippen molar-refractivity contribution in [2.45, 2.75) is 58.1 Å². The molecule has 0 radical (unpaired) electrons. The van der Waals surface area contributed by atoms with Crippen LogP contribution in [-0.4, -0.2) is 68.2 Å². The molecule has 2 unspecified atom stereocenters. The van der Waals surface area contributed by atoms with E-state index in [1.165, 1.54) is 57.2 Å². The van der Waals surface area contributed by atoms with Crippen molar-refractivity contribution in [2.75, 3.05) is 46.4 Å². The summed E-state index contributed by atoms with van der Waals surface area (Å²) in [6, 6.07) is 11.2. The summed E-state index contributed by atoms with van der Waals surface area (Å²) in [6.07, 6.45) is 7.81. The third-order valence-corrected chi connectivity index (χ3v) is 6.36. The first-order valence-corrected chi connectivity index (χ1v) is 11.6. The third kappa shape index (κ3) is 7.31. The van der Waals surface area contributed by atoms with Crippen LogP contribution in [0.1, 0.15) is 51.0 Å². The van der Waals surface area contributed by atoms with Gasteiger partial charge in [-0.3, -0.25) is 4.99 Å². The normalized spacial score (nSPS) is 23.5. The van der Waals surface area contributed by atoms with Gasteiger partial charge in [-0.15, -0.1) is 0 Å². The van der Waals surface area contributed by atoms with Crippen molar-refractivity contribution in [3.8, 4) is 0 Å². The quantitative estimate of drug-likeness (QED) is 0.389. The van der Waals surface area contributed by atoms with Crippen LogP contribution in [0.15, 0.2) is 35.3 Å². The molecule has 0 saturated carbocycles. The number of guanidine groups is 1. The van der Waals surface area contributed by atoms with Gasteiger partial charge in [-0.1, -0.05) is 36.8 Å².